The maximum atomic E-state index is 13.2. The number of hydrogen-bond acceptors (Lipinski definition) is 4. The Morgan fingerprint density at radius 3 is 2.45 bits per heavy atom. The molecular formula is C22H19F3N4O2. The average molecular weight is 428 g/mol. The van der Waals surface area contributed by atoms with Crippen molar-refractivity contribution in [3.05, 3.63) is 64.4 Å². The normalized spacial score (nSPS) is 11.8. The van der Waals surface area contributed by atoms with E-state index in [2.05, 4.69) is 15.0 Å². The van der Waals surface area contributed by atoms with Gasteiger partial charge in [-0.3, -0.25) is 4.79 Å². The second-order valence-electron chi connectivity index (χ2n) is 6.98. The minimum absolute atomic E-state index is 0.151. The van der Waals surface area contributed by atoms with Gasteiger partial charge in [-0.1, -0.05) is 19.1 Å². The molecule has 0 atom stereocenters. The van der Waals surface area contributed by atoms with Gasteiger partial charge in [-0.05, 0) is 42.8 Å². The number of benzene rings is 2. The van der Waals surface area contributed by atoms with Gasteiger partial charge in [0, 0.05) is 17.7 Å². The Balaban J connectivity index is 1.91. The Kier molecular flexibility index (Phi) is 5.26. The van der Waals surface area contributed by atoms with Crippen molar-refractivity contribution >= 4 is 11.2 Å². The zero-order chi connectivity index (χ0) is 22.2. The van der Waals surface area contributed by atoms with Gasteiger partial charge in [0.15, 0.2) is 11.2 Å². The number of ether oxygens (including phenoxy) is 1. The number of nitrogens with zero attached hydrogens (tertiary/aromatic N) is 3. The van der Waals surface area contributed by atoms with Crippen molar-refractivity contribution in [3.63, 3.8) is 0 Å². The van der Waals surface area contributed by atoms with Gasteiger partial charge in [-0.15, -0.1) is 0 Å². The van der Waals surface area contributed by atoms with E-state index in [0.29, 0.717) is 30.2 Å². The van der Waals surface area contributed by atoms with E-state index in [1.165, 1.54) is 12.1 Å². The van der Waals surface area contributed by atoms with Crippen molar-refractivity contribution in [1.82, 2.24) is 19.5 Å². The van der Waals surface area contributed by atoms with Crippen LogP contribution in [-0.4, -0.2) is 26.6 Å². The average Bonchev–Trinajstić information content (AvgIpc) is 3.21. The maximum Gasteiger partial charge on any atom is 0.416 e. The topological polar surface area (TPSA) is 72.8 Å². The first-order valence-corrected chi connectivity index (χ1v) is 9.64. The second kappa shape index (κ2) is 7.90. The van der Waals surface area contributed by atoms with E-state index in [9.17, 15) is 18.0 Å². The standard InChI is InChI=1S/C22H19F3N4O2/c1-3-11-29-19(14-5-4-6-15(12-14)22(23,24)25)28-21(30)17-20(29)27-18(26-17)13-7-9-16(31-2)10-8-13/h4-10,12H,3,11H2,1-2H3,(H,26,27). The van der Waals surface area contributed by atoms with Crippen LogP contribution in [0.1, 0.15) is 18.9 Å². The number of alkyl halides is 3. The molecule has 0 bridgehead atoms. The quantitative estimate of drug-likeness (QED) is 0.491. The monoisotopic (exact) mass is 428 g/mol. The van der Waals surface area contributed by atoms with Gasteiger partial charge in [0.05, 0.1) is 12.7 Å². The van der Waals surface area contributed by atoms with Crippen LogP contribution >= 0.6 is 0 Å². The minimum Gasteiger partial charge on any atom is -0.497 e. The lowest BCUT2D eigenvalue weighted by atomic mass is 10.1. The van der Waals surface area contributed by atoms with Crippen molar-refractivity contribution < 1.29 is 17.9 Å². The van der Waals surface area contributed by atoms with E-state index in [1.807, 2.05) is 6.92 Å². The van der Waals surface area contributed by atoms with Crippen LogP contribution in [0.25, 0.3) is 33.9 Å². The van der Waals surface area contributed by atoms with Crippen LogP contribution in [0, 0.1) is 0 Å². The highest BCUT2D eigenvalue weighted by Gasteiger charge is 2.31. The molecule has 4 rings (SSSR count). The molecule has 31 heavy (non-hydrogen) atoms. The molecule has 6 nitrogen and oxygen atoms in total. The van der Waals surface area contributed by atoms with Crippen molar-refractivity contribution in [2.45, 2.75) is 26.1 Å². The van der Waals surface area contributed by atoms with Gasteiger partial charge >= 0.3 is 6.18 Å². The summed E-state index contributed by atoms with van der Waals surface area (Å²) in [5, 5.41) is 0. The summed E-state index contributed by atoms with van der Waals surface area (Å²) in [6.07, 6.45) is -3.82. The minimum atomic E-state index is -4.50. The molecule has 1 N–H and O–H groups in total. The second-order valence-corrected chi connectivity index (χ2v) is 6.98. The number of methoxy groups -OCH3 is 1. The first-order chi connectivity index (χ1) is 14.8. The molecule has 0 fully saturated rings. The summed E-state index contributed by atoms with van der Waals surface area (Å²) in [5.74, 6) is 1.29. The van der Waals surface area contributed by atoms with Crippen molar-refractivity contribution in [2.75, 3.05) is 7.11 Å². The molecule has 0 radical (unpaired) electrons. The Morgan fingerprint density at radius 2 is 1.81 bits per heavy atom. The number of halogens is 3. The van der Waals surface area contributed by atoms with E-state index in [0.717, 1.165) is 17.7 Å². The molecule has 9 heteroatoms. The first kappa shape index (κ1) is 20.6. The van der Waals surface area contributed by atoms with Crippen LogP contribution in [0.3, 0.4) is 0 Å². The molecule has 0 amide bonds. The Labute approximate surface area is 175 Å². The van der Waals surface area contributed by atoms with Crippen molar-refractivity contribution in [2.24, 2.45) is 0 Å². The van der Waals surface area contributed by atoms with E-state index >= 15 is 0 Å². The number of aryl methyl sites for hydroxylation is 1. The molecule has 4 aromatic rings. The van der Waals surface area contributed by atoms with Gasteiger partial charge in [0.2, 0.25) is 0 Å². The van der Waals surface area contributed by atoms with Crippen LogP contribution in [-0.2, 0) is 12.7 Å². The summed E-state index contributed by atoms with van der Waals surface area (Å²) >= 11 is 0. The molecule has 2 heterocycles. The van der Waals surface area contributed by atoms with Crippen molar-refractivity contribution in [1.29, 1.82) is 0 Å². The predicted octanol–water partition coefficient (Wildman–Crippen LogP) is 4.89. The lowest BCUT2D eigenvalue weighted by molar-refractivity contribution is -0.137. The summed E-state index contributed by atoms with van der Waals surface area (Å²) in [4.78, 5) is 24.4. The number of rotatable bonds is 5. The third kappa shape index (κ3) is 3.90. The Hall–Kier alpha value is -3.62. The summed E-state index contributed by atoms with van der Waals surface area (Å²) in [7, 11) is 1.56. The molecule has 0 saturated heterocycles. The van der Waals surface area contributed by atoms with Gasteiger partial charge in [-0.25, -0.2) is 4.98 Å². The van der Waals surface area contributed by atoms with Crippen LogP contribution in [0.5, 0.6) is 5.75 Å². The predicted molar refractivity (Wildman–Crippen MR) is 111 cm³/mol. The third-order valence-electron chi connectivity index (χ3n) is 4.88. The highest BCUT2D eigenvalue weighted by Crippen LogP contribution is 2.32. The summed E-state index contributed by atoms with van der Waals surface area (Å²) < 4.78 is 46.4. The van der Waals surface area contributed by atoms with E-state index in [-0.39, 0.29) is 16.9 Å². The fourth-order valence-electron chi connectivity index (χ4n) is 3.40. The van der Waals surface area contributed by atoms with Crippen LogP contribution < -0.4 is 10.3 Å². The number of hydrogen-bond donors (Lipinski definition) is 1. The van der Waals surface area contributed by atoms with Crippen molar-refractivity contribution in [3.8, 4) is 28.5 Å². The first-order valence-electron chi connectivity index (χ1n) is 9.64. The Morgan fingerprint density at radius 1 is 1.06 bits per heavy atom. The molecule has 160 valence electrons. The lowest BCUT2D eigenvalue weighted by Crippen LogP contribution is -2.17. The molecule has 2 aromatic carbocycles. The molecule has 2 aromatic heterocycles. The molecule has 0 aliphatic carbocycles. The third-order valence-corrected chi connectivity index (χ3v) is 4.88. The lowest BCUT2D eigenvalue weighted by Gasteiger charge is -2.14. The number of H-pyrrole nitrogens is 1. The summed E-state index contributed by atoms with van der Waals surface area (Å²) in [5.41, 5.74) is 0.108. The van der Waals surface area contributed by atoms with Crippen LogP contribution in [0.4, 0.5) is 13.2 Å². The zero-order valence-corrected chi connectivity index (χ0v) is 16.8. The number of fused-ring (bicyclic) bond motifs is 1. The number of aromatic amines is 1. The Bertz CT molecular complexity index is 1290. The summed E-state index contributed by atoms with van der Waals surface area (Å²) in [6, 6.07) is 11.9. The van der Waals surface area contributed by atoms with E-state index in [1.54, 1.807) is 35.9 Å². The summed E-state index contributed by atoms with van der Waals surface area (Å²) in [6.45, 7) is 2.36. The largest absolute Gasteiger partial charge is 0.497 e. The highest BCUT2D eigenvalue weighted by molar-refractivity contribution is 5.78. The number of nitrogens with one attached hydrogen (secondary N) is 1. The van der Waals surface area contributed by atoms with E-state index < -0.39 is 17.3 Å². The van der Waals surface area contributed by atoms with Gasteiger partial charge in [0.25, 0.3) is 5.56 Å². The fraction of sp³-hybridized carbons (Fsp3) is 0.227. The van der Waals surface area contributed by atoms with E-state index in [4.69, 9.17) is 4.74 Å². The molecule has 0 saturated carbocycles. The van der Waals surface area contributed by atoms with Crippen LogP contribution in [0.15, 0.2) is 53.3 Å². The smallest absolute Gasteiger partial charge is 0.416 e. The van der Waals surface area contributed by atoms with Gasteiger partial charge in [-0.2, -0.15) is 18.2 Å². The maximum absolute atomic E-state index is 13.2. The zero-order valence-electron chi connectivity index (χ0n) is 16.8. The number of aromatic nitrogens is 4. The molecule has 0 aliphatic heterocycles. The molecular weight excluding hydrogens is 409 g/mol. The van der Waals surface area contributed by atoms with Gasteiger partial charge < -0.3 is 14.3 Å². The van der Waals surface area contributed by atoms with Crippen LogP contribution in [0.2, 0.25) is 0 Å². The highest BCUT2D eigenvalue weighted by atomic mass is 19.4. The molecule has 0 unspecified atom stereocenters. The molecule has 0 aliphatic rings. The van der Waals surface area contributed by atoms with Gasteiger partial charge in [0.1, 0.15) is 17.4 Å². The SMILES string of the molecule is CCCn1c(-c2cccc(C(F)(F)F)c2)nc(=O)c2[nH]c(-c3ccc(OC)cc3)nc21. The fourth-order valence-corrected chi connectivity index (χ4v) is 3.40. The number of imidazole rings is 1. The molecule has 0 spiro atoms.